The van der Waals surface area contributed by atoms with Crippen LogP contribution in [0.4, 0.5) is 4.39 Å². The molecule has 0 unspecified atom stereocenters. The van der Waals surface area contributed by atoms with Gasteiger partial charge in [-0.3, -0.25) is 4.98 Å². The highest BCUT2D eigenvalue weighted by Crippen LogP contribution is 2.55. The van der Waals surface area contributed by atoms with Gasteiger partial charge in [-0.25, -0.2) is 17.5 Å². The Labute approximate surface area is 124 Å². The van der Waals surface area contributed by atoms with E-state index in [-0.39, 0.29) is 10.4 Å². The van der Waals surface area contributed by atoms with Gasteiger partial charge in [0.2, 0.25) is 10.0 Å². The van der Waals surface area contributed by atoms with Gasteiger partial charge in [0.1, 0.15) is 10.7 Å². The largest absolute Gasteiger partial charge is 0.260 e. The smallest absolute Gasteiger partial charge is 0.242 e. The Bertz CT molecular complexity index is 639. The molecule has 1 aromatic rings. The molecule has 0 aliphatic heterocycles. The van der Waals surface area contributed by atoms with E-state index in [9.17, 15) is 12.8 Å². The maximum absolute atomic E-state index is 13.2. The van der Waals surface area contributed by atoms with Crippen LogP contribution < -0.4 is 4.72 Å². The summed E-state index contributed by atoms with van der Waals surface area (Å²) in [4.78, 5) is 3.58. The Morgan fingerprint density at radius 1 is 1.10 bits per heavy atom. The van der Waals surface area contributed by atoms with Crippen LogP contribution in [-0.4, -0.2) is 18.9 Å². The predicted molar refractivity (Wildman–Crippen MR) is 75.4 cm³/mol. The highest BCUT2D eigenvalue weighted by Gasteiger charge is 2.52. The van der Waals surface area contributed by atoms with Gasteiger partial charge in [-0.1, -0.05) is 0 Å². The average Bonchev–Trinajstić information content (AvgIpc) is 2.35. The van der Waals surface area contributed by atoms with Gasteiger partial charge in [0.05, 0.1) is 6.20 Å². The first kappa shape index (κ1) is 13.6. The van der Waals surface area contributed by atoms with E-state index in [1.54, 1.807) is 0 Å². The third-order valence-electron chi connectivity index (χ3n) is 5.38. The molecule has 4 aliphatic rings. The summed E-state index contributed by atoms with van der Waals surface area (Å²) in [5.41, 5.74) is -0.306. The van der Waals surface area contributed by atoms with Gasteiger partial charge in [-0.15, -0.1) is 0 Å². The quantitative estimate of drug-likeness (QED) is 0.933. The van der Waals surface area contributed by atoms with Crippen LogP contribution in [-0.2, 0) is 10.0 Å². The molecule has 0 radical (unpaired) electrons. The highest BCUT2D eigenvalue weighted by molar-refractivity contribution is 7.89. The minimum Gasteiger partial charge on any atom is -0.260 e. The number of rotatable bonds is 3. The molecule has 1 heterocycles. The summed E-state index contributed by atoms with van der Waals surface area (Å²) in [6.45, 7) is 0. The molecule has 4 fully saturated rings. The Kier molecular flexibility index (Phi) is 2.92. The van der Waals surface area contributed by atoms with E-state index in [1.165, 1.54) is 25.5 Å². The minimum atomic E-state index is -3.70. The molecular weight excluding hydrogens is 291 g/mol. The molecule has 21 heavy (non-hydrogen) atoms. The molecular formula is C15H19FN2O2S. The Balaban J connectivity index is 1.63. The van der Waals surface area contributed by atoms with Gasteiger partial charge < -0.3 is 0 Å². The highest BCUT2D eigenvalue weighted by atomic mass is 32.2. The molecule has 114 valence electrons. The van der Waals surface area contributed by atoms with Crippen molar-refractivity contribution in [2.24, 2.45) is 17.8 Å². The fourth-order valence-electron chi connectivity index (χ4n) is 5.12. The van der Waals surface area contributed by atoms with Crippen LogP contribution in [0, 0.1) is 23.6 Å². The van der Waals surface area contributed by atoms with Crippen LogP contribution in [0.1, 0.15) is 38.5 Å². The topological polar surface area (TPSA) is 59.1 Å². The lowest BCUT2D eigenvalue weighted by atomic mass is 9.53. The molecule has 0 amide bonds. The first-order valence-electron chi connectivity index (χ1n) is 7.59. The Hall–Kier alpha value is -1.01. The normalized spacial score (nSPS) is 37.9. The molecule has 5 rings (SSSR count). The van der Waals surface area contributed by atoms with E-state index in [0.717, 1.165) is 31.5 Å². The van der Waals surface area contributed by atoms with Gasteiger partial charge in [-0.05, 0) is 62.3 Å². The molecule has 0 spiro atoms. The molecule has 1 aromatic heterocycles. The van der Waals surface area contributed by atoms with Crippen LogP contribution in [0.25, 0.3) is 0 Å². The second kappa shape index (κ2) is 4.49. The van der Waals surface area contributed by atoms with Crippen LogP contribution in [0.15, 0.2) is 23.4 Å². The van der Waals surface area contributed by atoms with E-state index in [1.807, 2.05) is 0 Å². The molecule has 1 N–H and O–H groups in total. The van der Waals surface area contributed by atoms with Gasteiger partial charge in [0.15, 0.2) is 0 Å². The zero-order chi connectivity index (χ0) is 14.7. The lowest BCUT2D eigenvalue weighted by molar-refractivity contribution is -0.00810. The first-order chi connectivity index (χ1) is 9.94. The maximum Gasteiger partial charge on any atom is 0.242 e. The van der Waals surface area contributed by atoms with Crippen molar-refractivity contribution in [3.8, 4) is 0 Å². The summed E-state index contributed by atoms with van der Waals surface area (Å²) in [6, 6.07) is 1.04. The molecule has 0 saturated heterocycles. The number of sulfonamides is 1. The van der Waals surface area contributed by atoms with E-state index < -0.39 is 15.8 Å². The molecule has 6 heteroatoms. The van der Waals surface area contributed by atoms with E-state index in [0.29, 0.717) is 17.8 Å². The number of aromatic nitrogens is 1. The van der Waals surface area contributed by atoms with E-state index >= 15 is 0 Å². The maximum atomic E-state index is 13.2. The minimum absolute atomic E-state index is 0.0711. The summed E-state index contributed by atoms with van der Waals surface area (Å²) >= 11 is 0. The summed E-state index contributed by atoms with van der Waals surface area (Å²) in [7, 11) is -3.70. The summed E-state index contributed by atoms with van der Waals surface area (Å²) in [5, 5.41) is 0. The Morgan fingerprint density at radius 3 is 2.19 bits per heavy atom. The van der Waals surface area contributed by atoms with Crippen molar-refractivity contribution in [3.63, 3.8) is 0 Å². The number of pyridine rings is 1. The molecule has 4 bridgehead atoms. The molecule has 0 atom stereocenters. The van der Waals surface area contributed by atoms with Crippen molar-refractivity contribution >= 4 is 10.0 Å². The average molecular weight is 310 g/mol. The van der Waals surface area contributed by atoms with Crippen molar-refractivity contribution < 1.29 is 12.8 Å². The molecule has 0 aromatic carbocycles. The number of nitrogens with one attached hydrogen (secondary N) is 1. The molecule has 4 nitrogen and oxygen atoms in total. The predicted octanol–water partition coefficient (Wildman–Crippen LogP) is 2.47. The standard InChI is InChI=1S/C15H19FN2O2S/c16-13-4-14(9-17-8-13)21(19,20)18-15-5-10-1-11(6-15)3-12(2-10)7-15/h4,8-12,18H,1-3,5-7H2. The van der Waals surface area contributed by atoms with Crippen LogP contribution in [0.2, 0.25) is 0 Å². The zero-order valence-electron chi connectivity index (χ0n) is 11.8. The molecule has 4 aliphatic carbocycles. The fraction of sp³-hybridized carbons (Fsp3) is 0.667. The van der Waals surface area contributed by atoms with E-state index in [4.69, 9.17) is 0 Å². The van der Waals surface area contributed by atoms with Gasteiger partial charge >= 0.3 is 0 Å². The SMILES string of the molecule is O=S(=O)(NC12CC3CC(CC(C3)C1)C2)c1cncc(F)c1. The zero-order valence-corrected chi connectivity index (χ0v) is 12.6. The van der Waals surface area contributed by atoms with Crippen molar-refractivity contribution in [3.05, 3.63) is 24.3 Å². The number of nitrogens with zero attached hydrogens (tertiary/aromatic N) is 1. The van der Waals surface area contributed by atoms with Crippen molar-refractivity contribution in [1.82, 2.24) is 9.71 Å². The lowest BCUT2D eigenvalue weighted by Gasteiger charge is -2.56. The van der Waals surface area contributed by atoms with Crippen LogP contribution >= 0.6 is 0 Å². The lowest BCUT2D eigenvalue weighted by Crippen LogP contribution is -2.59. The molecule has 4 saturated carbocycles. The fourth-order valence-corrected chi connectivity index (χ4v) is 6.52. The number of hydrogen-bond donors (Lipinski definition) is 1. The summed E-state index contributed by atoms with van der Waals surface area (Å²) in [5.74, 6) is 1.35. The van der Waals surface area contributed by atoms with Crippen molar-refractivity contribution in [2.45, 2.75) is 49.0 Å². The third-order valence-corrected chi connectivity index (χ3v) is 6.92. The second-order valence-electron chi connectivity index (χ2n) is 7.14. The van der Waals surface area contributed by atoms with Crippen molar-refractivity contribution in [2.75, 3.05) is 0 Å². The number of hydrogen-bond acceptors (Lipinski definition) is 3. The van der Waals surface area contributed by atoms with Crippen LogP contribution in [0.3, 0.4) is 0 Å². The van der Waals surface area contributed by atoms with Crippen LogP contribution in [0.5, 0.6) is 0 Å². The van der Waals surface area contributed by atoms with Gasteiger partial charge in [-0.2, -0.15) is 0 Å². The summed E-state index contributed by atoms with van der Waals surface area (Å²) < 4.78 is 41.3. The van der Waals surface area contributed by atoms with Gasteiger partial charge in [0, 0.05) is 11.7 Å². The van der Waals surface area contributed by atoms with Crippen molar-refractivity contribution in [1.29, 1.82) is 0 Å². The monoisotopic (exact) mass is 310 g/mol. The summed E-state index contributed by atoms with van der Waals surface area (Å²) in [6.07, 6.45) is 8.78. The first-order valence-corrected chi connectivity index (χ1v) is 9.07. The Morgan fingerprint density at radius 2 is 1.67 bits per heavy atom. The number of halogens is 1. The van der Waals surface area contributed by atoms with Gasteiger partial charge in [0.25, 0.3) is 0 Å². The second-order valence-corrected chi connectivity index (χ2v) is 8.82. The van der Waals surface area contributed by atoms with E-state index in [2.05, 4.69) is 9.71 Å². The third kappa shape index (κ3) is 2.38.